The van der Waals surface area contributed by atoms with Gasteiger partial charge in [-0.2, -0.15) is 0 Å². The molecular formula is C13H15FO. The molecule has 2 rings (SSSR count). The fourth-order valence-electron chi connectivity index (χ4n) is 1.77. The van der Waals surface area contributed by atoms with Crippen LogP contribution in [-0.4, -0.2) is 5.78 Å². The summed E-state index contributed by atoms with van der Waals surface area (Å²) in [6.07, 6.45) is 1.92. The SMILES string of the molecule is Cc1cc(C(=O)C2(C)CC2)c(C)cc1F. The summed E-state index contributed by atoms with van der Waals surface area (Å²) in [7, 11) is 0. The van der Waals surface area contributed by atoms with Crippen molar-refractivity contribution in [3.63, 3.8) is 0 Å². The number of hydrogen-bond acceptors (Lipinski definition) is 1. The highest BCUT2D eigenvalue weighted by molar-refractivity contribution is 6.03. The van der Waals surface area contributed by atoms with Crippen molar-refractivity contribution in [1.82, 2.24) is 0 Å². The lowest BCUT2D eigenvalue weighted by molar-refractivity contribution is 0.0912. The lowest BCUT2D eigenvalue weighted by Gasteiger charge is -2.11. The highest BCUT2D eigenvalue weighted by Gasteiger charge is 2.45. The minimum Gasteiger partial charge on any atom is -0.294 e. The summed E-state index contributed by atoms with van der Waals surface area (Å²) in [4.78, 5) is 12.1. The first-order valence-corrected chi connectivity index (χ1v) is 5.25. The molecule has 0 radical (unpaired) electrons. The molecule has 1 aromatic rings. The molecule has 0 aliphatic heterocycles. The lowest BCUT2D eigenvalue weighted by atomic mass is 9.92. The van der Waals surface area contributed by atoms with Crippen molar-refractivity contribution >= 4 is 5.78 Å². The summed E-state index contributed by atoms with van der Waals surface area (Å²) in [6, 6.07) is 3.13. The molecule has 0 heterocycles. The highest BCUT2D eigenvalue weighted by Crippen LogP contribution is 2.48. The van der Waals surface area contributed by atoms with Crippen LogP contribution in [0.3, 0.4) is 0 Å². The van der Waals surface area contributed by atoms with Gasteiger partial charge in [-0.1, -0.05) is 6.92 Å². The van der Waals surface area contributed by atoms with Gasteiger partial charge in [-0.25, -0.2) is 4.39 Å². The third-order valence-electron chi connectivity index (χ3n) is 3.30. The Labute approximate surface area is 89.3 Å². The first kappa shape index (κ1) is 10.3. The molecule has 0 amide bonds. The molecule has 0 unspecified atom stereocenters. The molecule has 80 valence electrons. The summed E-state index contributed by atoms with van der Waals surface area (Å²) >= 11 is 0. The summed E-state index contributed by atoms with van der Waals surface area (Å²) in [5.41, 5.74) is 1.81. The van der Waals surface area contributed by atoms with Crippen LogP contribution >= 0.6 is 0 Å². The summed E-state index contributed by atoms with van der Waals surface area (Å²) in [6.45, 7) is 5.47. The number of hydrogen-bond donors (Lipinski definition) is 0. The van der Waals surface area contributed by atoms with Crippen LogP contribution in [0.25, 0.3) is 0 Å². The molecule has 1 aliphatic carbocycles. The largest absolute Gasteiger partial charge is 0.294 e. The van der Waals surface area contributed by atoms with Gasteiger partial charge < -0.3 is 0 Å². The van der Waals surface area contributed by atoms with Crippen LogP contribution in [0.15, 0.2) is 12.1 Å². The lowest BCUT2D eigenvalue weighted by Crippen LogP contribution is -2.14. The van der Waals surface area contributed by atoms with Crippen LogP contribution in [0.1, 0.15) is 41.3 Å². The van der Waals surface area contributed by atoms with E-state index in [2.05, 4.69) is 0 Å². The summed E-state index contributed by atoms with van der Waals surface area (Å²) in [5, 5.41) is 0. The number of rotatable bonds is 2. The fourth-order valence-corrected chi connectivity index (χ4v) is 1.77. The second kappa shape index (κ2) is 3.16. The Morgan fingerprint density at radius 1 is 1.27 bits per heavy atom. The molecule has 1 aliphatic rings. The van der Waals surface area contributed by atoms with Crippen molar-refractivity contribution in [3.8, 4) is 0 Å². The topological polar surface area (TPSA) is 17.1 Å². The number of ketones is 1. The minimum atomic E-state index is -0.231. The Bertz CT molecular complexity index is 430. The number of aryl methyl sites for hydroxylation is 2. The Balaban J connectivity index is 2.44. The number of carbonyl (C=O) groups is 1. The maximum Gasteiger partial charge on any atom is 0.169 e. The zero-order valence-corrected chi connectivity index (χ0v) is 9.36. The predicted octanol–water partition coefficient (Wildman–Crippen LogP) is 3.43. The van der Waals surface area contributed by atoms with Crippen LogP contribution in [0, 0.1) is 25.1 Å². The van der Waals surface area contributed by atoms with Gasteiger partial charge in [0, 0.05) is 11.0 Å². The number of halogens is 1. The van der Waals surface area contributed by atoms with Gasteiger partial charge in [0.15, 0.2) is 5.78 Å². The van der Waals surface area contributed by atoms with E-state index in [-0.39, 0.29) is 17.0 Å². The number of benzene rings is 1. The quantitative estimate of drug-likeness (QED) is 0.677. The second-order valence-electron chi connectivity index (χ2n) is 4.81. The molecular weight excluding hydrogens is 191 g/mol. The average Bonchev–Trinajstić information content (AvgIpc) is 2.90. The van der Waals surface area contributed by atoms with Crippen molar-refractivity contribution in [2.75, 3.05) is 0 Å². The Morgan fingerprint density at radius 2 is 1.87 bits per heavy atom. The van der Waals surface area contributed by atoms with Gasteiger partial charge in [0.25, 0.3) is 0 Å². The van der Waals surface area contributed by atoms with Crippen LogP contribution < -0.4 is 0 Å². The highest BCUT2D eigenvalue weighted by atomic mass is 19.1. The van der Waals surface area contributed by atoms with Gasteiger partial charge in [0.05, 0.1) is 0 Å². The van der Waals surface area contributed by atoms with Crippen molar-refractivity contribution in [2.24, 2.45) is 5.41 Å². The van der Waals surface area contributed by atoms with Crippen LogP contribution in [0.2, 0.25) is 0 Å². The molecule has 0 atom stereocenters. The molecule has 1 saturated carbocycles. The van der Waals surface area contributed by atoms with Crippen molar-refractivity contribution < 1.29 is 9.18 Å². The molecule has 2 heteroatoms. The van der Waals surface area contributed by atoms with Gasteiger partial charge in [-0.15, -0.1) is 0 Å². The second-order valence-corrected chi connectivity index (χ2v) is 4.81. The Hall–Kier alpha value is -1.18. The molecule has 0 spiro atoms. The molecule has 0 aromatic heterocycles. The van der Waals surface area contributed by atoms with E-state index in [1.807, 2.05) is 6.92 Å². The van der Waals surface area contributed by atoms with E-state index in [4.69, 9.17) is 0 Å². The normalized spacial score (nSPS) is 17.6. The number of carbonyl (C=O) groups excluding carboxylic acids is 1. The van der Waals surface area contributed by atoms with Crippen molar-refractivity contribution in [1.29, 1.82) is 0 Å². The third-order valence-corrected chi connectivity index (χ3v) is 3.30. The van der Waals surface area contributed by atoms with E-state index in [0.717, 1.165) is 18.4 Å². The van der Waals surface area contributed by atoms with Crippen molar-refractivity contribution in [2.45, 2.75) is 33.6 Å². The van der Waals surface area contributed by atoms with Crippen LogP contribution in [-0.2, 0) is 0 Å². The molecule has 0 bridgehead atoms. The molecule has 1 nitrogen and oxygen atoms in total. The first-order valence-electron chi connectivity index (χ1n) is 5.25. The summed E-state index contributed by atoms with van der Waals surface area (Å²) < 4.78 is 13.2. The zero-order valence-electron chi connectivity index (χ0n) is 9.36. The van der Waals surface area contributed by atoms with Gasteiger partial charge in [-0.3, -0.25) is 4.79 Å². The van der Waals surface area contributed by atoms with E-state index in [1.54, 1.807) is 19.9 Å². The third kappa shape index (κ3) is 1.69. The van der Waals surface area contributed by atoms with Gasteiger partial charge in [-0.05, 0) is 49.9 Å². The van der Waals surface area contributed by atoms with Gasteiger partial charge >= 0.3 is 0 Å². The van der Waals surface area contributed by atoms with E-state index in [1.165, 1.54) is 6.07 Å². The fraction of sp³-hybridized carbons (Fsp3) is 0.462. The zero-order chi connectivity index (χ0) is 11.2. The molecule has 15 heavy (non-hydrogen) atoms. The summed E-state index contributed by atoms with van der Waals surface area (Å²) in [5.74, 6) is -0.0619. The monoisotopic (exact) mass is 206 g/mol. The predicted molar refractivity (Wildman–Crippen MR) is 57.5 cm³/mol. The van der Waals surface area contributed by atoms with Crippen molar-refractivity contribution in [3.05, 3.63) is 34.6 Å². The van der Waals surface area contributed by atoms with Crippen LogP contribution in [0.4, 0.5) is 4.39 Å². The maximum absolute atomic E-state index is 13.2. The maximum atomic E-state index is 13.2. The molecule has 1 aromatic carbocycles. The van der Waals surface area contributed by atoms with Gasteiger partial charge in [0.2, 0.25) is 0 Å². The van der Waals surface area contributed by atoms with E-state index in [9.17, 15) is 9.18 Å². The van der Waals surface area contributed by atoms with E-state index >= 15 is 0 Å². The molecule has 1 fully saturated rings. The first-order chi connectivity index (χ1) is 6.94. The smallest absolute Gasteiger partial charge is 0.169 e. The minimum absolute atomic E-state index is 0.170. The standard InChI is InChI=1S/C13H15FO/c1-8-7-11(14)9(2)6-10(8)12(15)13(3)4-5-13/h6-7H,4-5H2,1-3H3. The number of Topliss-reactive ketones (excluding diaryl/α,β-unsaturated/α-hetero) is 1. The Kier molecular flexibility index (Phi) is 2.18. The van der Waals surface area contributed by atoms with E-state index < -0.39 is 0 Å². The molecule has 0 saturated heterocycles. The van der Waals surface area contributed by atoms with E-state index in [0.29, 0.717) is 11.1 Å². The van der Waals surface area contributed by atoms with Gasteiger partial charge in [0.1, 0.15) is 5.82 Å². The van der Waals surface area contributed by atoms with Crippen LogP contribution in [0.5, 0.6) is 0 Å². The average molecular weight is 206 g/mol. The Morgan fingerprint density at radius 3 is 2.40 bits per heavy atom. The molecule has 0 N–H and O–H groups in total.